The summed E-state index contributed by atoms with van der Waals surface area (Å²) in [5.74, 6) is -1.03. The SMILES string of the molecule is C[C@H](OC(=O)c1ccc(N2C(=O)[C@H]3[C@H]4C[C@@H]([C@@H]3C2=O)[C@@H](c2ccccc2)C4)cc1)C(=O)c1ccccc1. The number of benzene rings is 3. The van der Waals surface area contributed by atoms with Gasteiger partial charge in [-0.1, -0.05) is 60.7 Å². The molecule has 1 heterocycles. The first-order chi connectivity index (χ1) is 17.9. The summed E-state index contributed by atoms with van der Waals surface area (Å²) >= 11 is 0. The van der Waals surface area contributed by atoms with Gasteiger partial charge in [0, 0.05) is 5.56 Å². The summed E-state index contributed by atoms with van der Waals surface area (Å²) in [7, 11) is 0. The Bertz CT molecular complexity index is 1370. The number of carbonyl (C=O) groups excluding carboxylic acids is 4. The monoisotopic (exact) mass is 493 g/mol. The Hall–Kier alpha value is -4.06. The molecule has 2 aliphatic carbocycles. The van der Waals surface area contributed by atoms with Crippen molar-refractivity contribution in [1.82, 2.24) is 0 Å². The van der Waals surface area contributed by atoms with E-state index in [0.717, 1.165) is 12.8 Å². The van der Waals surface area contributed by atoms with Crippen LogP contribution in [0.15, 0.2) is 84.9 Å². The van der Waals surface area contributed by atoms with E-state index in [4.69, 9.17) is 4.74 Å². The zero-order chi connectivity index (χ0) is 25.7. The van der Waals surface area contributed by atoms with Gasteiger partial charge in [0.25, 0.3) is 0 Å². The van der Waals surface area contributed by atoms with Gasteiger partial charge in [0.15, 0.2) is 6.10 Å². The molecule has 0 aromatic heterocycles. The van der Waals surface area contributed by atoms with E-state index in [-0.39, 0.29) is 46.8 Å². The van der Waals surface area contributed by atoms with Gasteiger partial charge in [0.2, 0.25) is 17.6 Å². The maximum atomic E-state index is 13.5. The van der Waals surface area contributed by atoms with Gasteiger partial charge in [0.05, 0.1) is 23.1 Å². The van der Waals surface area contributed by atoms with Crippen LogP contribution in [0.25, 0.3) is 0 Å². The molecule has 6 rings (SSSR count). The number of hydrogen-bond acceptors (Lipinski definition) is 5. The van der Waals surface area contributed by atoms with E-state index in [0.29, 0.717) is 17.2 Å². The molecule has 2 bridgehead atoms. The Labute approximate surface area is 215 Å². The molecule has 0 unspecified atom stereocenters. The van der Waals surface area contributed by atoms with Crippen molar-refractivity contribution in [3.05, 3.63) is 102 Å². The quantitative estimate of drug-likeness (QED) is 0.273. The van der Waals surface area contributed by atoms with Crippen molar-refractivity contribution in [2.45, 2.75) is 31.8 Å². The van der Waals surface area contributed by atoms with E-state index >= 15 is 0 Å². The maximum Gasteiger partial charge on any atom is 0.338 e. The fourth-order valence-electron chi connectivity index (χ4n) is 6.66. The van der Waals surface area contributed by atoms with Crippen LogP contribution in [0.1, 0.15) is 52.0 Å². The van der Waals surface area contributed by atoms with E-state index in [9.17, 15) is 19.2 Å². The lowest BCUT2D eigenvalue weighted by Gasteiger charge is -2.28. The minimum atomic E-state index is -0.941. The second kappa shape index (κ2) is 9.11. The molecule has 0 N–H and O–H groups in total. The van der Waals surface area contributed by atoms with E-state index in [1.165, 1.54) is 22.6 Å². The van der Waals surface area contributed by atoms with Crippen LogP contribution in [0.2, 0.25) is 0 Å². The Morgan fingerprint density at radius 3 is 2.08 bits per heavy atom. The zero-order valence-corrected chi connectivity index (χ0v) is 20.4. The molecule has 6 nitrogen and oxygen atoms in total. The summed E-state index contributed by atoms with van der Waals surface area (Å²) in [5.41, 5.74) is 2.43. The fraction of sp³-hybridized carbons (Fsp3) is 0.290. The maximum absolute atomic E-state index is 13.5. The number of carbonyl (C=O) groups is 4. The Kier molecular flexibility index (Phi) is 5.75. The average molecular weight is 494 g/mol. The predicted molar refractivity (Wildman–Crippen MR) is 137 cm³/mol. The van der Waals surface area contributed by atoms with Gasteiger partial charge in [-0.2, -0.15) is 0 Å². The molecule has 6 atom stereocenters. The lowest BCUT2D eigenvalue weighted by molar-refractivity contribution is -0.123. The number of nitrogens with zero attached hydrogens (tertiary/aromatic N) is 1. The molecule has 3 aromatic rings. The molecular weight excluding hydrogens is 466 g/mol. The van der Waals surface area contributed by atoms with Crippen molar-refractivity contribution in [2.24, 2.45) is 23.7 Å². The van der Waals surface area contributed by atoms with E-state index in [1.54, 1.807) is 43.3 Å². The number of amides is 2. The highest BCUT2D eigenvalue weighted by molar-refractivity contribution is 6.22. The highest BCUT2D eigenvalue weighted by Gasteiger charge is 2.64. The van der Waals surface area contributed by atoms with Crippen molar-refractivity contribution >= 4 is 29.3 Å². The third-order valence-corrected chi connectivity index (χ3v) is 8.32. The number of esters is 1. The number of anilines is 1. The van der Waals surface area contributed by atoms with Gasteiger partial charge < -0.3 is 4.74 Å². The molecule has 186 valence electrons. The minimum Gasteiger partial charge on any atom is -0.451 e. The predicted octanol–water partition coefficient (Wildman–Crippen LogP) is 5.04. The molecule has 3 aliphatic rings. The second-order valence-electron chi connectivity index (χ2n) is 10.3. The molecule has 6 heteroatoms. The summed E-state index contributed by atoms with van der Waals surface area (Å²) in [6, 6.07) is 25.2. The summed E-state index contributed by atoms with van der Waals surface area (Å²) < 4.78 is 5.38. The molecule has 1 aliphatic heterocycles. The molecule has 0 radical (unpaired) electrons. The molecule has 37 heavy (non-hydrogen) atoms. The highest BCUT2D eigenvalue weighted by atomic mass is 16.5. The van der Waals surface area contributed by atoms with E-state index < -0.39 is 12.1 Å². The van der Waals surface area contributed by atoms with Crippen LogP contribution in [0.3, 0.4) is 0 Å². The van der Waals surface area contributed by atoms with Crippen LogP contribution in [-0.4, -0.2) is 29.7 Å². The number of hydrogen-bond donors (Lipinski definition) is 0. The molecule has 1 saturated heterocycles. The summed E-state index contributed by atoms with van der Waals surface area (Å²) in [5, 5.41) is 0. The van der Waals surface area contributed by atoms with E-state index in [1.807, 2.05) is 24.3 Å². The van der Waals surface area contributed by atoms with Crippen molar-refractivity contribution in [3.63, 3.8) is 0 Å². The fourth-order valence-corrected chi connectivity index (χ4v) is 6.66. The van der Waals surface area contributed by atoms with Crippen LogP contribution in [0.4, 0.5) is 5.69 Å². The van der Waals surface area contributed by atoms with E-state index in [2.05, 4.69) is 12.1 Å². The average Bonchev–Trinajstić information content (AvgIpc) is 3.60. The van der Waals surface area contributed by atoms with Crippen LogP contribution >= 0.6 is 0 Å². The molecule has 2 saturated carbocycles. The topological polar surface area (TPSA) is 80.8 Å². The Morgan fingerprint density at radius 2 is 1.41 bits per heavy atom. The molecular formula is C31H27NO5. The largest absolute Gasteiger partial charge is 0.451 e. The molecule has 3 aromatic carbocycles. The number of ketones is 1. The van der Waals surface area contributed by atoms with Gasteiger partial charge >= 0.3 is 5.97 Å². The van der Waals surface area contributed by atoms with Crippen LogP contribution in [0.5, 0.6) is 0 Å². The molecule has 0 spiro atoms. The minimum absolute atomic E-state index is 0.133. The van der Waals surface area contributed by atoms with Gasteiger partial charge in [-0.25, -0.2) is 4.79 Å². The summed E-state index contributed by atoms with van der Waals surface area (Å²) in [6.07, 6.45) is 0.918. The summed E-state index contributed by atoms with van der Waals surface area (Å²) in [6.45, 7) is 1.54. The van der Waals surface area contributed by atoms with Gasteiger partial charge in [-0.05, 0) is 67.3 Å². The second-order valence-corrected chi connectivity index (χ2v) is 10.3. The number of rotatable bonds is 6. The smallest absolute Gasteiger partial charge is 0.338 e. The first-order valence-electron chi connectivity index (χ1n) is 12.8. The Balaban J connectivity index is 1.16. The van der Waals surface area contributed by atoms with Crippen molar-refractivity contribution in [2.75, 3.05) is 4.90 Å². The standard InChI is InChI=1S/C31H27NO5/c1-18(28(33)20-10-6-3-7-11-20)37-31(36)21-12-14-23(15-13-21)32-29(34)26-22-16-24(19-8-4-2-5-9-19)25(17-22)27(26)30(32)35/h2-15,18,22,24-27H,16-17H2,1H3/t18-,22+,24+,25+,26-,27-/m0/s1. The third-order valence-electron chi connectivity index (χ3n) is 8.32. The molecule has 3 fully saturated rings. The van der Waals surface area contributed by atoms with Crippen LogP contribution in [0, 0.1) is 23.7 Å². The van der Waals surface area contributed by atoms with Gasteiger partial charge in [-0.3, -0.25) is 19.3 Å². The van der Waals surface area contributed by atoms with Crippen molar-refractivity contribution in [1.29, 1.82) is 0 Å². The van der Waals surface area contributed by atoms with Crippen LogP contribution in [-0.2, 0) is 14.3 Å². The van der Waals surface area contributed by atoms with Gasteiger partial charge in [-0.15, -0.1) is 0 Å². The van der Waals surface area contributed by atoms with Gasteiger partial charge in [0.1, 0.15) is 0 Å². The first-order valence-corrected chi connectivity index (χ1v) is 12.8. The zero-order valence-electron chi connectivity index (χ0n) is 20.4. The van der Waals surface area contributed by atoms with Crippen LogP contribution < -0.4 is 4.90 Å². The molecule has 2 amide bonds. The highest BCUT2D eigenvalue weighted by Crippen LogP contribution is 2.61. The number of ether oxygens (including phenoxy) is 1. The van der Waals surface area contributed by atoms with Crippen molar-refractivity contribution < 1.29 is 23.9 Å². The normalized spacial score (nSPS) is 26.7. The van der Waals surface area contributed by atoms with Crippen molar-refractivity contribution in [3.8, 4) is 0 Å². The number of imide groups is 1. The third kappa shape index (κ3) is 3.88. The lowest BCUT2D eigenvalue weighted by atomic mass is 9.73. The number of fused-ring (bicyclic) bond motifs is 5. The first kappa shape index (κ1) is 23.3. The number of Topliss-reactive ketones (excluding diaryl/α,β-unsaturated/α-hetero) is 1. The Morgan fingerprint density at radius 1 is 0.784 bits per heavy atom. The lowest BCUT2D eigenvalue weighted by Crippen LogP contribution is -2.33. The summed E-state index contributed by atoms with van der Waals surface area (Å²) in [4.78, 5) is 53.4.